The summed E-state index contributed by atoms with van der Waals surface area (Å²) in [4.78, 5) is 21.3. The second kappa shape index (κ2) is 5.31. The molecule has 1 heterocycles. The van der Waals surface area contributed by atoms with Crippen LogP contribution in [0.4, 0.5) is 0 Å². The van der Waals surface area contributed by atoms with E-state index in [1.54, 1.807) is 4.68 Å². The summed E-state index contributed by atoms with van der Waals surface area (Å²) in [5.74, 6) is 0. The molecule has 0 atom stereocenters. The number of aldehydes is 1. The lowest BCUT2D eigenvalue weighted by Crippen LogP contribution is -2.33. The first-order valence-electron chi connectivity index (χ1n) is 5.64. The van der Waals surface area contributed by atoms with Crippen LogP contribution in [-0.2, 0) is 4.79 Å². The van der Waals surface area contributed by atoms with Crippen LogP contribution in [0, 0.1) is 0 Å². The Hall–Kier alpha value is -1.36. The van der Waals surface area contributed by atoms with Crippen molar-refractivity contribution in [2.75, 3.05) is 0 Å². The normalized spacial score (nSPS) is 24.3. The minimum absolute atomic E-state index is 0.201. The summed E-state index contributed by atoms with van der Waals surface area (Å²) in [6.45, 7) is 0. The van der Waals surface area contributed by atoms with Gasteiger partial charge in [-0.15, -0.1) is 0 Å². The van der Waals surface area contributed by atoms with Gasteiger partial charge in [0.25, 0.3) is 0 Å². The Bertz CT molecular complexity index is 411. The zero-order chi connectivity index (χ0) is 12.3. The summed E-state index contributed by atoms with van der Waals surface area (Å²) in [5.41, 5.74) is 0.443. The standard InChI is InChI=1S/C11H14ClN3O2/c12-10-5-14-15(11(10)6-16)9-3-1-8(2-4-9)13-7-17/h5-9H,1-4H2,(H,13,17). The first-order chi connectivity index (χ1) is 8.26. The van der Waals surface area contributed by atoms with Crippen LogP contribution in [0.25, 0.3) is 0 Å². The van der Waals surface area contributed by atoms with E-state index in [9.17, 15) is 9.59 Å². The van der Waals surface area contributed by atoms with E-state index < -0.39 is 0 Å². The van der Waals surface area contributed by atoms with Crippen molar-refractivity contribution >= 4 is 24.3 Å². The van der Waals surface area contributed by atoms with Gasteiger partial charge in [-0.2, -0.15) is 5.10 Å². The van der Waals surface area contributed by atoms with Gasteiger partial charge in [0.15, 0.2) is 6.29 Å². The number of halogens is 1. The molecule has 1 aliphatic carbocycles. The quantitative estimate of drug-likeness (QED) is 0.831. The van der Waals surface area contributed by atoms with Crippen LogP contribution in [0.15, 0.2) is 6.20 Å². The molecule has 6 heteroatoms. The summed E-state index contributed by atoms with van der Waals surface area (Å²) in [6, 6.07) is 0.446. The first-order valence-corrected chi connectivity index (χ1v) is 6.02. The zero-order valence-electron chi connectivity index (χ0n) is 9.30. The lowest BCUT2D eigenvalue weighted by Gasteiger charge is -2.28. The second-order valence-electron chi connectivity index (χ2n) is 4.23. The van der Waals surface area contributed by atoms with Gasteiger partial charge in [0.1, 0.15) is 5.69 Å². The molecule has 17 heavy (non-hydrogen) atoms. The van der Waals surface area contributed by atoms with Gasteiger partial charge in [-0.1, -0.05) is 11.6 Å². The maximum Gasteiger partial charge on any atom is 0.207 e. The Kier molecular flexibility index (Phi) is 3.78. The van der Waals surface area contributed by atoms with E-state index in [0.717, 1.165) is 38.4 Å². The predicted molar refractivity (Wildman–Crippen MR) is 63.1 cm³/mol. The van der Waals surface area contributed by atoms with Gasteiger partial charge < -0.3 is 5.32 Å². The van der Waals surface area contributed by atoms with Crippen molar-refractivity contribution in [2.24, 2.45) is 0 Å². The van der Waals surface area contributed by atoms with Crippen molar-refractivity contribution in [3.8, 4) is 0 Å². The van der Waals surface area contributed by atoms with Crippen molar-refractivity contribution < 1.29 is 9.59 Å². The maximum atomic E-state index is 10.9. The predicted octanol–water partition coefficient (Wildman–Crippen LogP) is 1.58. The lowest BCUT2D eigenvalue weighted by atomic mass is 9.91. The maximum absolute atomic E-state index is 10.9. The molecule has 0 unspecified atom stereocenters. The smallest absolute Gasteiger partial charge is 0.207 e. The number of aromatic nitrogens is 2. The van der Waals surface area contributed by atoms with E-state index in [0.29, 0.717) is 10.7 Å². The van der Waals surface area contributed by atoms with Crippen LogP contribution in [0.3, 0.4) is 0 Å². The van der Waals surface area contributed by atoms with Gasteiger partial charge in [0, 0.05) is 6.04 Å². The number of nitrogens with zero attached hydrogens (tertiary/aromatic N) is 2. The molecule has 1 saturated carbocycles. The molecule has 2 rings (SSSR count). The van der Waals surface area contributed by atoms with Crippen molar-refractivity contribution in [1.29, 1.82) is 0 Å². The van der Waals surface area contributed by atoms with Crippen LogP contribution < -0.4 is 5.32 Å². The van der Waals surface area contributed by atoms with Gasteiger partial charge in [-0.3, -0.25) is 14.3 Å². The molecule has 0 aromatic carbocycles. The zero-order valence-corrected chi connectivity index (χ0v) is 10.1. The van der Waals surface area contributed by atoms with Crippen molar-refractivity contribution in [1.82, 2.24) is 15.1 Å². The largest absolute Gasteiger partial charge is 0.356 e. The summed E-state index contributed by atoms with van der Waals surface area (Å²) in [6.07, 6.45) is 6.58. The monoisotopic (exact) mass is 255 g/mol. The highest BCUT2D eigenvalue weighted by atomic mass is 35.5. The van der Waals surface area contributed by atoms with Crippen LogP contribution >= 0.6 is 11.6 Å². The number of rotatable bonds is 4. The van der Waals surface area contributed by atoms with Crippen LogP contribution in [0.1, 0.15) is 42.2 Å². The van der Waals surface area contributed by atoms with E-state index >= 15 is 0 Å². The van der Waals surface area contributed by atoms with Crippen LogP contribution in [-0.4, -0.2) is 28.5 Å². The minimum atomic E-state index is 0.201. The number of carbonyl (C=O) groups excluding carboxylic acids is 2. The fraction of sp³-hybridized carbons (Fsp3) is 0.545. The van der Waals surface area contributed by atoms with Crippen molar-refractivity contribution in [2.45, 2.75) is 37.8 Å². The highest BCUT2D eigenvalue weighted by Crippen LogP contribution is 2.30. The molecular weight excluding hydrogens is 242 g/mol. The Morgan fingerprint density at radius 2 is 2.06 bits per heavy atom. The SMILES string of the molecule is O=CNC1CCC(n2ncc(Cl)c2C=O)CC1. The summed E-state index contributed by atoms with van der Waals surface area (Å²) < 4.78 is 1.70. The number of amides is 1. The lowest BCUT2D eigenvalue weighted by molar-refractivity contribution is -0.110. The van der Waals surface area contributed by atoms with E-state index in [-0.39, 0.29) is 12.1 Å². The molecule has 0 radical (unpaired) electrons. The van der Waals surface area contributed by atoms with E-state index in [1.165, 1.54) is 6.20 Å². The first kappa shape index (κ1) is 12.1. The average molecular weight is 256 g/mol. The third-order valence-corrected chi connectivity index (χ3v) is 3.54. The topological polar surface area (TPSA) is 64.0 Å². The van der Waals surface area contributed by atoms with Crippen LogP contribution in [0.5, 0.6) is 0 Å². The molecule has 0 spiro atoms. The number of hydrogen-bond acceptors (Lipinski definition) is 3. The third-order valence-electron chi connectivity index (χ3n) is 3.24. The molecule has 1 fully saturated rings. The Morgan fingerprint density at radius 3 is 2.65 bits per heavy atom. The summed E-state index contributed by atoms with van der Waals surface area (Å²) >= 11 is 5.87. The molecule has 5 nitrogen and oxygen atoms in total. The van der Waals surface area contributed by atoms with E-state index in [2.05, 4.69) is 10.4 Å². The molecule has 1 aliphatic rings. The second-order valence-corrected chi connectivity index (χ2v) is 4.64. The molecule has 1 aromatic heterocycles. The summed E-state index contributed by atoms with van der Waals surface area (Å²) in [5, 5.41) is 7.33. The van der Waals surface area contributed by atoms with Crippen LogP contribution in [0.2, 0.25) is 5.02 Å². The molecule has 0 aliphatic heterocycles. The van der Waals surface area contributed by atoms with Gasteiger partial charge in [-0.25, -0.2) is 0 Å². The van der Waals surface area contributed by atoms with E-state index in [4.69, 9.17) is 11.6 Å². The number of hydrogen-bond donors (Lipinski definition) is 1. The van der Waals surface area contributed by atoms with Crippen molar-refractivity contribution in [3.05, 3.63) is 16.9 Å². The van der Waals surface area contributed by atoms with Gasteiger partial charge in [-0.05, 0) is 25.7 Å². The Morgan fingerprint density at radius 1 is 1.35 bits per heavy atom. The van der Waals surface area contributed by atoms with Gasteiger partial charge in [0.05, 0.1) is 17.3 Å². The fourth-order valence-corrected chi connectivity index (χ4v) is 2.51. The molecule has 1 amide bonds. The Balaban J connectivity index is 2.05. The molecule has 0 bridgehead atoms. The molecule has 92 valence electrons. The number of nitrogens with one attached hydrogen (secondary N) is 1. The Labute approximate surface area is 104 Å². The highest BCUT2D eigenvalue weighted by Gasteiger charge is 2.24. The molecule has 0 saturated heterocycles. The van der Waals surface area contributed by atoms with Crippen molar-refractivity contribution in [3.63, 3.8) is 0 Å². The molecule has 1 N–H and O–H groups in total. The average Bonchev–Trinajstić information content (AvgIpc) is 2.72. The fourth-order valence-electron chi connectivity index (χ4n) is 2.34. The van der Waals surface area contributed by atoms with Gasteiger partial charge in [0.2, 0.25) is 6.41 Å². The van der Waals surface area contributed by atoms with E-state index in [1.807, 2.05) is 0 Å². The number of carbonyl (C=O) groups is 2. The third kappa shape index (κ3) is 2.49. The molecular formula is C11H14ClN3O2. The minimum Gasteiger partial charge on any atom is -0.356 e. The summed E-state index contributed by atoms with van der Waals surface area (Å²) in [7, 11) is 0. The molecule has 1 aromatic rings. The van der Waals surface area contributed by atoms with Gasteiger partial charge >= 0.3 is 0 Å². The highest BCUT2D eigenvalue weighted by molar-refractivity contribution is 6.32.